The van der Waals surface area contributed by atoms with Crippen molar-refractivity contribution < 1.29 is 14.4 Å². The number of hydrogen-bond donors (Lipinski definition) is 1. The van der Waals surface area contributed by atoms with Crippen molar-refractivity contribution in [2.45, 2.75) is 19.9 Å². The van der Waals surface area contributed by atoms with E-state index in [-0.39, 0.29) is 30.7 Å². The van der Waals surface area contributed by atoms with Gasteiger partial charge in [-0.1, -0.05) is 42.5 Å². The number of hydrogen-bond acceptors (Lipinski definition) is 4. The summed E-state index contributed by atoms with van der Waals surface area (Å²) in [5, 5.41) is 6.87. The molecular weight excluding hydrogens is 410 g/mol. The Bertz CT molecular complexity index is 1090. The minimum absolute atomic E-state index is 0.000331. The molecular formula is C24H25N3O3S. The van der Waals surface area contributed by atoms with E-state index >= 15 is 0 Å². The average Bonchev–Trinajstić information content (AvgIpc) is 3.45. The molecule has 2 heterocycles. The number of carbonyl (C=O) groups excluding carboxylic acids is 3. The van der Waals surface area contributed by atoms with Crippen LogP contribution in [0.25, 0.3) is 10.8 Å². The second-order valence-corrected chi connectivity index (χ2v) is 8.64. The van der Waals surface area contributed by atoms with Gasteiger partial charge in [0.2, 0.25) is 17.7 Å². The molecule has 6 nitrogen and oxygen atoms in total. The van der Waals surface area contributed by atoms with E-state index in [1.165, 1.54) is 4.90 Å². The predicted octanol–water partition coefficient (Wildman–Crippen LogP) is 3.42. The van der Waals surface area contributed by atoms with Crippen LogP contribution in [0.5, 0.6) is 0 Å². The topological polar surface area (TPSA) is 69.7 Å². The maximum Gasteiger partial charge on any atom is 0.239 e. The summed E-state index contributed by atoms with van der Waals surface area (Å²) < 4.78 is 0. The fourth-order valence-corrected chi connectivity index (χ4v) is 4.63. The largest absolute Gasteiger partial charge is 0.350 e. The second kappa shape index (κ2) is 9.31. The van der Waals surface area contributed by atoms with Gasteiger partial charge in [-0.15, -0.1) is 11.3 Å². The molecule has 0 aliphatic carbocycles. The summed E-state index contributed by atoms with van der Waals surface area (Å²) in [4.78, 5) is 42.5. The van der Waals surface area contributed by atoms with Gasteiger partial charge < -0.3 is 15.1 Å². The Morgan fingerprint density at radius 2 is 1.94 bits per heavy atom. The number of likely N-dealkylation sites (N-methyl/N-ethyl adjacent to an activating group) is 1. The number of thiophene rings is 1. The number of nitrogens with one attached hydrogen (secondary N) is 1. The van der Waals surface area contributed by atoms with E-state index in [2.05, 4.69) is 5.32 Å². The van der Waals surface area contributed by atoms with Gasteiger partial charge in [0.1, 0.15) is 0 Å². The Morgan fingerprint density at radius 3 is 2.71 bits per heavy atom. The predicted molar refractivity (Wildman–Crippen MR) is 123 cm³/mol. The quantitative estimate of drug-likeness (QED) is 0.618. The van der Waals surface area contributed by atoms with Crippen LogP contribution in [0, 0.1) is 5.92 Å². The van der Waals surface area contributed by atoms with Gasteiger partial charge >= 0.3 is 0 Å². The summed E-state index contributed by atoms with van der Waals surface area (Å²) in [5.41, 5.74) is 0.829. The molecule has 1 fully saturated rings. The molecule has 1 atom stereocenters. The Morgan fingerprint density at radius 1 is 1.13 bits per heavy atom. The van der Waals surface area contributed by atoms with Crippen LogP contribution >= 0.6 is 11.3 Å². The van der Waals surface area contributed by atoms with Crippen molar-refractivity contribution in [3.63, 3.8) is 0 Å². The zero-order valence-electron chi connectivity index (χ0n) is 17.4. The van der Waals surface area contributed by atoms with E-state index in [4.69, 9.17) is 0 Å². The first-order valence-electron chi connectivity index (χ1n) is 10.4. The molecule has 0 bridgehead atoms. The summed E-state index contributed by atoms with van der Waals surface area (Å²) in [6, 6.07) is 17.7. The molecule has 1 unspecified atom stereocenters. The number of benzene rings is 2. The highest BCUT2D eigenvalue weighted by Crippen LogP contribution is 2.32. The Kier molecular flexibility index (Phi) is 6.32. The van der Waals surface area contributed by atoms with Gasteiger partial charge in [0.05, 0.1) is 24.7 Å². The van der Waals surface area contributed by atoms with Gasteiger partial charge in [-0.25, -0.2) is 0 Å². The lowest BCUT2D eigenvalue weighted by Crippen LogP contribution is -2.43. The van der Waals surface area contributed by atoms with Crippen molar-refractivity contribution in [2.24, 2.45) is 5.92 Å². The molecule has 1 aliphatic rings. The van der Waals surface area contributed by atoms with E-state index in [0.29, 0.717) is 19.6 Å². The van der Waals surface area contributed by atoms with Crippen LogP contribution in [0.3, 0.4) is 0 Å². The number of carbonyl (C=O) groups is 3. The Hall–Kier alpha value is -3.19. The van der Waals surface area contributed by atoms with Crippen molar-refractivity contribution in [3.8, 4) is 0 Å². The maximum absolute atomic E-state index is 13.1. The van der Waals surface area contributed by atoms with Crippen LogP contribution in [-0.2, 0) is 20.9 Å². The zero-order chi connectivity index (χ0) is 21.8. The molecule has 1 aromatic heterocycles. The van der Waals surface area contributed by atoms with Crippen LogP contribution < -0.4 is 10.2 Å². The van der Waals surface area contributed by atoms with E-state index in [1.807, 2.05) is 66.9 Å². The zero-order valence-corrected chi connectivity index (χ0v) is 18.2. The van der Waals surface area contributed by atoms with E-state index in [0.717, 1.165) is 21.3 Å². The van der Waals surface area contributed by atoms with Gasteiger partial charge in [0, 0.05) is 29.8 Å². The fraction of sp³-hybridized carbons (Fsp3) is 0.292. The van der Waals surface area contributed by atoms with Crippen molar-refractivity contribution in [1.82, 2.24) is 10.2 Å². The van der Waals surface area contributed by atoms with Crippen molar-refractivity contribution in [2.75, 3.05) is 24.5 Å². The van der Waals surface area contributed by atoms with Crippen LogP contribution in [0.4, 0.5) is 5.69 Å². The lowest BCUT2D eigenvalue weighted by molar-refractivity contribution is -0.139. The summed E-state index contributed by atoms with van der Waals surface area (Å²) in [7, 11) is 0. The van der Waals surface area contributed by atoms with Crippen molar-refractivity contribution in [1.29, 1.82) is 0 Å². The molecule has 4 rings (SSSR count). The van der Waals surface area contributed by atoms with Crippen LogP contribution in [0.1, 0.15) is 18.2 Å². The molecule has 160 valence electrons. The molecule has 0 saturated carbocycles. The smallest absolute Gasteiger partial charge is 0.239 e. The lowest BCUT2D eigenvalue weighted by Gasteiger charge is -2.24. The number of fused-ring (bicyclic) bond motifs is 1. The lowest BCUT2D eigenvalue weighted by atomic mass is 10.1. The first kappa shape index (κ1) is 21.1. The normalized spacial score (nSPS) is 16.0. The van der Waals surface area contributed by atoms with Gasteiger partial charge in [-0.05, 0) is 29.8 Å². The summed E-state index contributed by atoms with van der Waals surface area (Å²) in [5.74, 6) is -0.854. The van der Waals surface area contributed by atoms with Crippen molar-refractivity contribution >= 4 is 45.5 Å². The molecule has 2 aromatic carbocycles. The number of amides is 3. The Labute approximate surface area is 185 Å². The van der Waals surface area contributed by atoms with E-state index in [1.54, 1.807) is 16.2 Å². The first-order valence-corrected chi connectivity index (χ1v) is 11.3. The fourth-order valence-electron chi connectivity index (χ4n) is 3.98. The van der Waals surface area contributed by atoms with Crippen LogP contribution in [0.2, 0.25) is 0 Å². The molecule has 0 radical (unpaired) electrons. The molecule has 1 saturated heterocycles. The SMILES string of the molecule is CCN(CC(=O)NCc1cccs1)C(=O)C1CC(=O)N(c2cccc3ccccc23)C1. The third kappa shape index (κ3) is 4.61. The molecule has 31 heavy (non-hydrogen) atoms. The van der Waals surface area contributed by atoms with E-state index in [9.17, 15) is 14.4 Å². The summed E-state index contributed by atoms with van der Waals surface area (Å²) in [6.45, 7) is 3.06. The molecule has 3 aromatic rings. The second-order valence-electron chi connectivity index (χ2n) is 7.61. The third-order valence-corrected chi connectivity index (χ3v) is 6.48. The van der Waals surface area contributed by atoms with Gasteiger partial charge in [-0.3, -0.25) is 14.4 Å². The highest BCUT2D eigenvalue weighted by Gasteiger charge is 2.37. The summed E-state index contributed by atoms with van der Waals surface area (Å²) in [6.07, 6.45) is 0.162. The molecule has 3 amide bonds. The van der Waals surface area contributed by atoms with Crippen LogP contribution in [0.15, 0.2) is 60.0 Å². The van der Waals surface area contributed by atoms with Gasteiger partial charge in [-0.2, -0.15) is 0 Å². The van der Waals surface area contributed by atoms with E-state index < -0.39 is 5.92 Å². The number of rotatable bonds is 7. The maximum atomic E-state index is 13.1. The first-order chi connectivity index (χ1) is 15.1. The Balaban J connectivity index is 1.42. The molecule has 0 spiro atoms. The molecule has 7 heteroatoms. The van der Waals surface area contributed by atoms with Gasteiger partial charge in [0.15, 0.2) is 0 Å². The minimum atomic E-state index is -0.448. The average molecular weight is 436 g/mol. The van der Waals surface area contributed by atoms with Crippen LogP contribution in [-0.4, -0.2) is 42.3 Å². The molecule has 1 N–H and O–H groups in total. The molecule has 1 aliphatic heterocycles. The standard InChI is InChI=1S/C24H25N3O3S/c1-2-26(16-22(28)25-14-19-9-6-12-31-19)24(30)18-13-23(29)27(15-18)21-11-5-8-17-7-3-4-10-20(17)21/h3-12,18H,2,13-16H2,1H3,(H,25,28). The number of nitrogens with zero attached hydrogens (tertiary/aromatic N) is 2. The third-order valence-electron chi connectivity index (χ3n) is 5.60. The van der Waals surface area contributed by atoms with Crippen molar-refractivity contribution in [3.05, 3.63) is 64.9 Å². The monoisotopic (exact) mass is 435 g/mol. The highest BCUT2D eigenvalue weighted by molar-refractivity contribution is 7.09. The summed E-state index contributed by atoms with van der Waals surface area (Å²) >= 11 is 1.58. The highest BCUT2D eigenvalue weighted by atomic mass is 32.1. The minimum Gasteiger partial charge on any atom is -0.350 e. The van der Waals surface area contributed by atoms with Gasteiger partial charge in [0.25, 0.3) is 0 Å². The number of anilines is 1.